The van der Waals surface area contributed by atoms with Gasteiger partial charge in [-0.3, -0.25) is 14.6 Å². The molecule has 1 aromatic carbocycles. The van der Waals surface area contributed by atoms with Gasteiger partial charge >= 0.3 is 0 Å². The number of guanidine groups is 1. The maximum Gasteiger partial charge on any atom is 0.224 e. The van der Waals surface area contributed by atoms with Crippen LogP contribution in [-0.4, -0.2) is 54.9 Å². The lowest BCUT2D eigenvalue weighted by atomic mass is 10.2. The Balaban J connectivity index is 1.74. The number of aliphatic imine (C=N–C) groups is 1. The molecule has 3 N–H and O–H groups in total. The molecule has 2 amide bonds. The van der Waals surface area contributed by atoms with Gasteiger partial charge in [0.2, 0.25) is 11.8 Å². The molecule has 1 atom stereocenters. The van der Waals surface area contributed by atoms with E-state index in [0.717, 1.165) is 31.2 Å². The second-order valence-electron chi connectivity index (χ2n) is 6.74. The summed E-state index contributed by atoms with van der Waals surface area (Å²) < 4.78 is 0. The van der Waals surface area contributed by atoms with Crippen LogP contribution in [-0.2, 0) is 9.59 Å². The molecule has 1 aliphatic heterocycles. The van der Waals surface area contributed by atoms with Gasteiger partial charge in [0, 0.05) is 55.8 Å². The van der Waals surface area contributed by atoms with Crippen LogP contribution in [0, 0.1) is 0 Å². The van der Waals surface area contributed by atoms with Gasteiger partial charge in [0.05, 0.1) is 0 Å². The Morgan fingerprint density at radius 3 is 2.68 bits per heavy atom. The van der Waals surface area contributed by atoms with Gasteiger partial charge in [0.25, 0.3) is 0 Å². The van der Waals surface area contributed by atoms with E-state index in [4.69, 9.17) is 11.6 Å². The predicted molar refractivity (Wildman–Crippen MR) is 114 cm³/mol. The number of carbonyl (C=O) groups is 2. The van der Waals surface area contributed by atoms with E-state index in [1.54, 1.807) is 24.3 Å². The summed E-state index contributed by atoms with van der Waals surface area (Å²) in [5.41, 5.74) is 0.736. The number of anilines is 1. The normalized spacial score (nSPS) is 16.8. The average molecular weight is 408 g/mol. The Bertz CT molecular complexity index is 678. The molecule has 2 rings (SSSR count). The van der Waals surface area contributed by atoms with Crippen molar-refractivity contribution in [1.82, 2.24) is 15.5 Å². The molecular weight excluding hydrogens is 378 g/mol. The molecule has 0 saturated carbocycles. The van der Waals surface area contributed by atoms with Crippen LogP contribution in [0.15, 0.2) is 29.3 Å². The number of nitrogens with zero attached hydrogens (tertiary/aromatic N) is 2. The lowest BCUT2D eigenvalue weighted by Gasteiger charge is -2.18. The van der Waals surface area contributed by atoms with Gasteiger partial charge in [0.15, 0.2) is 5.96 Å². The van der Waals surface area contributed by atoms with Crippen molar-refractivity contribution in [3.63, 3.8) is 0 Å². The van der Waals surface area contributed by atoms with E-state index in [0.29, 0.717) is 37.4 Å². The molecule has 1 unspecified atom stereocenters. The number of rotatable bonds is 8. The number of hydrogen-bond acceptors (Lipinski definition) is 3. The summed E-state index contributed by atoms with van der Waals surface area (Å²) in [6.45, 7) is 6.70. The number of halogens is 1. The van der Waals surface area contributed by atoms with Crippen molar-refractivity contribution in [3.05, 3.63) is 29.3 Å². The Labute approximate surface area is 171 Å². The Hall–Kier alpha value is -2.28. The summed E-state index contributed by atoms with van der Waals surface area (Å²) in [5, 5.41) is 10.1. The van der Waals surface area contributed by atoms with Crippen molar-refractivity contribution in [2.24, 2.45) is 4.99 Å². The summed E-state index contributed by atoms with van der Waals surface area (Å²) in [4.78, 5) is 30.3. The van der Waals surface area contributed by atoms with Crippen molar-refractivity contribution >= 4 is 35.1 Å². The molecule has 0 aromatic heterocycles. The smallest absolute Gasteiger partial charge is 0.224 e. The molecule has 1 fully saturated rings. The molecular formula is C20H30ClN5O2. The van der Waals surface area contributed by atoms with Gasteiger partial charge < -0.3 is 20.9 Å². The summed E-state index contributed by atoms with van der Waals surface area (Å²) >= 11 is 5.84. The zero-order valence-electron chi connectivity index (χ0n) is 16.6. The molecule has 0 aliphatic carbocycles. The van der Waals surface area contributed by atoms with Gasteiger partial charge in [-0.25, -0.2) is 0 Å². The predicted octanol–water partition coefficient (Wildman–Crippen LogP) is 2.62. The number of amides is 2. The third kappa shape index (κ3) is 7.38. The van der Waals surface area contributed by atoms with Gasteiger partial charge in [-0.1, -0.05) is 18.5 Å². The van der Waals surface area contributed by atoms with E-state index >= 15 is 0 Å². The third-order valence-corrected chi connectivity index (χ3v) is 4.74. The Kier molecular flexibility index (Phi) is 9.07. The topological polar surface area (TPSA) is 85.8 Å². The summed E-state index contributed by atoms with van der Waals surface area (Å²) in [7, 11) is 0. The second-order valence-corrected chi connectivity index (χ2v) is 7.18. The number of benzene rings is 1. The molecule has 1 saturated heterocycles. The SMILES string of the molecule is CCNC(=NCCCC(=O)Nc1ccc(Cl)cc1)NC1CCN(C(=O)CC)C1. The molecule has 7 nitrogen and oxygen atoms in total. The monoisotopic (exact) mass is 407 g/mol. The number of nitrogens with one attached hydrogen (secondary N) is 3. The first-order valence-electron chi connectivity index (χ1n) is 9.89. The van der Waals surface area contributed by atoms with Gasteiger partial charge in [-0.2, -0.15) is 0 Å². The summed E-state index contributed by atoms with van der Waals surface area (Å²) in [5.74, 6) is 0.884. The average Bonchev–Trinajstić information content (AvgIpc) is 3.15. The molecule has 154 valence electrons. The van der Waals surface area contributed by atoms with Crippen molar-refractivity contribution in [1.29, 1.82) is 0 Å². The number of hydrogen-bond donors (Lipinski definition) is 3. The van der Waals surface area contributed by atoms with Crippen LogP contribution in [0.2, 0.25) is 5.02 Å². The van der Waals surface area contributed by atoms with Crippen molar-refractivity contribution < 1.29 is 9.59 Å². The second kappa shape index (κ2) is 11.5. The first-order chi connectivity index (χ1) is 13.5. The van der Waals surface area contributed by atoms with Crippen LogP contribution < -0.4 is 16.0 Å². The van der Waals surface area contributed by atoms with E-state index < -0.39 is 0 Å². The molecule has 0 radical (unpaired) electrons. The minimum absolute atomic E-state index is 0.0417. The van der Waals surface area contributed by atoms with Crippen LogP contribution in [0.25, 0.3) is 0 Å². The van der Waals surface area contributed by atoms with E-state index in [1.165, 1.54) is 0 Å². The van der Waals surface area contributed by atoms with E-state index in [9.17, 15) is 9.59 Å². The van der Waals surface area contributed by atoms with Crippen molar-refractivity contribution in [2.75, 3.05) is 31.5 Å². The Morgan fingerprint density at radius 1 is 1.25 bits per heavy atom. The molecule has 8 heteroatoms. The summed E-state index contributed by atoms with van der Waals surface area (Å²) in [6.07, 6.45) is 2.51. The zero-order chi connectivity index (χ0) is 20.4. The fourth-order valence-electron chi connectivity index (χ4n) is 3.03. The molecule has 1 aliphatic rings. The molecule has 0 spiro atoms. The Morgan fingerprint density at radius 2 is 2.00 bits per heavy atom. The van der Waals surface area contributed by atoms with E-state index in [2.05, 4.69) is 20.9 Å². The van der Waals surface area contributed by atoms with Crippen LogP contribution in [0.1, 0.15) is 39.5 Å². The van der Waals surface area contributed by atoms with E-state index in [1.807, 2.05) is 18.7 Å². The van der Waals surface area contributed by atoms with E-state index in [-0.39, 0.29) is 17.9 Å². The number of carbonyl (C=O) groups excluding carboxylic acids is 2. The molecule has 0 bridgehead atoms. The zero-order valence-corrected chi connectivity index (χ0v) is 17.4. The fourth-order valence-corrected chi connectivity index (χ4v) is 3.15. The largest absolute Gasteiger partial charge is 0.357 e. The lowest BCUT2D eigenvalue weighted by molar-refractivity contribution is -0.129. The lowest BCUT2D eigenvalue weighted by Crippen LogP contribution is -2.45. The minimum atomic E-state index is -0.0417. The van der Waals surface area contributed by atoms with Crippen LogP contribution in [0.5, 0.6) is 0 Å². The highest BCUT2D eigenvalue weighted by Crippen LogP contribution is 2.14. The first-order valence-corrected chi connectivity index (χ1v) is 10.3. The van der Waals surface area contributed by atoms with Crippen LogP contribution in [0.3, 0.4) is 0 Å². The maximum absolute atomic E-state index is 12.0. The van der Waals surface area contributed by atoms with Gasteiger partial charge in [-0.05, 0) is 44.0 Å². The van der Waals surface area contributed by atoms with Gasteiger partial charge in [-0.15, -0.1) is 0 Å². The fraction of sp³-hybridized carbons (Fsp3) is 0.550. The van der Waals surface area contributed by atoms with Crippen molar-refractivity contribution in [3.8, 4) is 0 Å². The molecule has 1 heterocycles. The highest BCUT2D eigenvalue weighted by atomic mass is 35.5. The quantitative estimate of drug-likeness (QED) is 0.351. The van der Waals surface area contributed by atoms with Crippen molar-refractivity contribution in [2.45, 2.75) is 45.6 Å². The minimum Gasteiger partial charge on any atom is -0.357 e. The third-order valence-electron chi connectivity index (χ3n) is 4.49. The standard InChI is InChI=1S/C20H30ClN5O2/c1-3-19(28)26-13-11-17(14-26)25-20(22-4-2)23-12-5-6-18(27)24-16-9-7-15(21)8-10-16/h7-10,17H,3-6,11-14H2,1-2H3,(H,24,27)(H2,22,23,25). The molecule has 28 heavy (non-hydrogen) atoms. The van der Waals surface area contributed by atoms with Crippen LogP contribution >= 0.6 is 11.6 Å². The van der Waals surface area contributed by atoms with Crippen LogP contribution in [0.4, 0.5) is 5.69 Å². The molecule has 1 aromatic rings. The highest BCUT2D eigenvalue weighted by Gasteiger charge is 2.25. The summed E-state index contributed by atoms with van der Waals surface area (Å²) in [6, 6.07) is 7.25. The maximum atomic E-state index is 12.0. The first kappa shape index (κ1) is 22.0. The number of likely N-dealkylation sites (tertiary alicyclic amines) is 1. The van der Waals surface area contributed by atoms with Gasteiger partial charge in [0.1, 0.15) is 0 Å². The highest BCUT2D eigenvalue weighted by molar-refractivity contribution is 6.30.